The van der Waals surface area contributed by atoms with Crippen LogP contribution in [-0.4, -0.2) is 59.7 Å². The van der Waals surface area contributed by atoms with Crippen LogP contribution in [0, 0.1) is 0 Å². The molecule has 2 aliphatic rings. The van der Waals surface area contributed by atoms with Crippen LogP contribution in [-0.2, 0) is 9.53 Å². The molecule has 0 unspecified atom stereocenters. The zero-order valence-electron chi connectivity index (χ0n) is 15.7. The van der Waals surface area contributed by atoms with E-state index in [-0.39, 0.29) is 12.0 Å². The summed E-state index contributed by atoms with van der Waals surface area (Å²) in [5.41, 5.74) is 2.37. The number of carbonyl (C=O) groups excluding carboxylic acids is 1. The van der Waals surface area contributed by atoms with E-state index in [1.165, 1.54) is 5.56 Å². The van der Waals surface area contributed by atoms with E-state index < -0.39 is 0 Å². The maximum absolute atomic E-state index is 12.4. The second-order valence-corrected chi connectivity index (χ2v) is 7.56. The van der Waals surface area contributed by atoms with Gasteiger partial charge in [0.25, 0.3) is 5.91 Å². The van der Waals surface area contributed by atoms with Gasteiger partial charge < -0.3 is 19.9 Å². The zero-order valence-corrected chi connectivity index (χ0v) is 16.6. The Morgan fingerprint density at radius 2 is 1.88 bits per heavy atom. The van der Waals surface area contributed by atoms with Crippen molar-refractivity contribution < 1.29 is 9.53 Å². The van der Waals surface area contributed by atoms with Gasteiger partial charge in [-0.05, 0) is 55.1 Å². The lowest BCUT2D eigenvalue weighted by Gasteiger charge is -2.37. The summed E-state index contributed by atoms with van der Waals surface area (Å²) in [5.74, 6) is 0.715. The largest absolute Gasteiger partial charge is 0.368 e. The number of carbonyl (C=O) groups is 1. The number of benzene rings is 1. The number of nitrogens with one attached hydrogen (secondary N) is 1. The van der Waals surface area contributed by atoms with Gasteiger partial charge in [0.05, 0.1) is 0 Å². The summed E-state index contributed by atoms with van der Waals surface area (Å²) in [5, 5.41) is 4.05. The van der Waals surface area contributed by atoms with Crippen LogP contribution < -0.4 is 5.32 Å². The van der Waals surface area contributed by atoms with Gasteiger partial charge in [0, 0.05) is 38.5 Å². The number of piperazine rings is 1. The number of hydrogen-bond acceptors (Lipinski definition) is 3. The number of anilines is 1. The molecule has 1 amide bonds. The maximum Gasteiger partial charge on any atom is 0.251 e. The quantitative estimate of drug-likeness (QED) is 0.819. The van der Waals surface area contributed by atoms with Crippen molar-refractivity contribution in [1.29, 1.82) is 0 Å². The van der Waals surface area contributed by atoms with Gasteiger partial charge in [-0.1, -0.05) is 26.0 Å². The summed E-state index contributed by atoms with van der Waals surface area (Å²) in [6.07, 6.45) is 2.75. The Labute approximate surface area is 161 Å². The standard InChI is InChI=1S/C20H29N3O2S/c1-3-15(2)16-6-8-17(9-7-16)21-20(26)23-12-10-22(11-13-23)19(24)18-5-4-14-25-18/h6-9,15,18H,3-5,10-14H2,1-2H3,(H,21,26)/t15-,18-/m0/s1. The Morgan fingerprint density at radius 1 is 1.23 bits per heavy atom. The van der Waals surface area contributed by atoms with Gasteiger partial charge in [-0.3, -0.25) is 4.79 Å². The fraction of sp³-hybridized carbons (Fsp3) is 0.600. The average Bonchev–Trinajstić information content (AvgIpc) is 3.22. The number of hydrogen-bond donors (Lipinski definition) is 1. The molecule has 1 aromatic carbocycles. The summed E-state index contributed by atoms with van der Waals surface area (Å²) in [7, 11) is 0. The molecule has 2 aliphatic heterocycles. The Bertz CT molecular complexity index is 620. The normalized spacial score (nSPS) is 21.5. The van der Waals surface area contributed by atoms with Crippen LogP contribution >= 0.6 is 12.2 Å². The molecule has 0 aromatic heterocycles. The number of thiocarbonyl (C=S) groups is 1. The molecule has 3 rings (SSSR count). The third kappa shape index (κ3) is 4.54. The summed E-state index contributed by atoms with van der Waals surface area (Å²) in [6.45, 7) is 8.07. The minimum atomic E-state index is -0.226. The molecule has 2 fully saturated rings. The van der Waals surface area contributed by atoms with Crippen molar-refractivity contribution in [3.05, 3.63) is 29.8 Å². The average molecular weight is 376 g/mol. The van der Waals surface area contributed by atoms with Gasteiger partial charge >= 0.3 is 0 Å². The molecule has 2 saturated heterocycles. The predicted octanol–water partition coefficient (Wildman–Crippen LogP) is 3.22. The second kappa shape index (κ2) is 8.82. The zero-order chi connectivity index (χ0) is 18.5. The van der Waals surface area contributed by atoms with E-state index in [2.05, 4.69) is 48.3 Å². The Morgan fingerprint density at radius 3 is 2.46 bits per heavy atom. The Kier molecular flexibility index (Phi) is 6.48. The molecule has 0 saturated carbocycles. The van der Waals surface area contributed by atoms with Crippen LogP contribution in [0.15, 0.2) is 24.3 Å². The smallest absolute Gasteiger partial charge is 0.251 e. The molecule has 2 heterocycles. The predicted molar refractivity (Wildman–Crippen MR) is 108 cm³/mol. The summed E-state index contributed by atoms with van der Waals surface area (Å²) < 4.78 is 5.51. The molecule has 0 bridgehead atoms. The highest BCUT2D eigenvalue weighted by Gasteiger charge is 2.30. The molecular weight excluding hydrogens is 346 g/mol. The van der Waals surface area contributed by atoms with E-state index in [0.717, 1.165) is 43.2 Å². The third-order valence-corrected chi connectivity index (χ3v) is 5.79. The molecule has 0 radical (unpaired) electrons. The van der Waals surface area contributed by atoms with Crippen molar-refractivity contribution >= 4 is 28.9 Å². The van der Waals surface area contributed by atoms with Crippen molar-refractivity contribution in [3.8, 4) is 0 Å². The van der Waals surface area contributed by atoms with Crippen LogP contribution in [0.2, 0.25) is 0 Å². The highest BCUT2D eigenvalue weighted by molar-refractivity contribution is 7.80. The van der Waals surface area contributed by atoms with Crippen LogP contribution in [0.4, 0.5) is 5.69 Å². The van der Waals surface area contributed by atoms with Crippen molar-refractivity contribution in [2.75, 3.05) is 38.1 Å². The van der Waals surface area contributed by atoms with Gasteiger partial charge in [0.2, 0.25) is 0 Å². The first-order chi connectivity index (χ1) is 12.6. The first-order valence-electron chi connectivity index (χ1n) is 9.64. The van der Waals surface area contributed by atoms with Gasteiger partial charge in [0.15, 0.2) is 5.11 Å². The number of nitrogens with zero attached hydrogens (tertiary/aromatic N) is 2. The lowest BCUT2D eigenvalue weighted by atomic mass is 9.99. The fourth-order valence-electron chi connectivity index (χ4n) is 3.44. The van der Waals surface area contributed by atoms with Crippen LogP contribution in [0.1, 0.15) is 44.6 Å². The molecule has 1 aromatic rings. The van der Waals surface area contributed by atoms with E-state index in [4.69, 9.17) is 17.0 Å². The molecule has 5 nitrogen and oxygen atoms in total. The first kappa shape index (κ1) is 19.1. The topological polar surface area (TPSA) is 44.8 Å². The van der Waals surface area contributed by atoms with Crippen molar-refractivity contribution in [2.45, 2.75) is 45.1 Å². The Hall–Kier alpha value is -1.66. The highest BCUT2D eigenvalue weighted by Crippen LogP contribution is 2.21. The maximum atomic E-state index is 12.4. The fourth-order valence-corrected chi connectivity index (χ4v) is 3.74. The van der Waals surface area contributed by atoms with E-state index in [1.807, 2.05) is 4.90 Å². The molecule has 6 heteroatoms. The summed E-state index contributed by atoms with van der Waals surface area (Å²) in [6, 6.07) is 8.50. The lowest BCUT2D eigenvalue weighted by Crippen LogP contribution is -2.53. The molecule has 142 valence electrons. The van der Waals surface area contributed by atoms with Gasteiger partial charge in [-0.2, -0.15) is 0 Å². The highest BCUT2D eigenvalue weighted by atomic mass is 32.1. The summed E-state index contributed by atoms with van der Waals surface area (Å²) >= 11 is 5.56. The lowest BCUT2D eigenvalue weighted by molar-refractivity contribution is -0.142. The van der Waals surface area contributed by atoms with E-state index in [9.17, 15) is 4.79 Å². The van der Waals surface area contributed by atoms with Crippen molar-refractivity contribution in [3.63, 3.8) is 0 Å². The van der Waals surface area contributed by atoms with E-state index in [0.29, 0.717) is 25.6 Å². The van der Waals surface area contributed by atoms with Gasteiger partial charge in [-0.15, -0.1) is 0 Å². The number of amides is 1. The number of ether oxygens (including phenoxy) is 1. The van der Waals surface area contributed by atoms with Crippen molar-refractivity contribution in [1.82, 2.24) is 9.80 Å². The first-order valence-corrected chi connectivity index (χ1v) is 10.1. The summed E-state index contributed by atoms with van der Waals surface area (Å²) in [4.78, 5) is 16.5. The Balaban J connectivity index is 1.48. The van der Waals surface area contributed by atoms with E-state index in [1.54, 1.807) is 0 Å². The molecule has 26 heavy (non-hydrogen) atoms. The third-order valence-electron chi connectivity index (χ3n) is 5.43. The van der Waals surface area contributed by atoms with Gasteiger partial charge in [0.1, 0.15) is 6.10 Å². The molecular formula is C20H29N3O2S. The number of rotatable bonds is 4. The van der Waals surface area contributed by atoms with Crippen LogP contribution in [0.3, 0.4) is 0 Å². The molecule has 1 N–H and O–H groups in total. The SMILES string of the molecule is CC[C@H](C)c1ccc(NC(=S)N2CCN(C(=O)[C@@H]3CCCO3)CC2)cc1. The van der Waals surface area contributed by atoms with Crippen LogP contribution in [0.25, 0.3) is 0 Å². The van der Waals surface area contributed by atoms with E-state index >= 15 is 0 Å². The van der Waals surface area contributed by atoms with Crippen LogP contribution in [0.5, 0.6) is 0 Å². The minimum absolute atomic E-state index is 0.140. The van der Waals surface area contributed by atoms with Gasteiger partial charge in [-0.25, -0.2) is 0 Å². The molecule has 0 aliphatic carbocycles. The monoisotopic (exact) mass is 375 g/mol. The molecule has 0 spiro atoms. The van der Waals surface area contributed by atoms with Crippen molar-refractivity contribution in [2.24, 2.45) is 0 Å². The minimum Gasteiger partial charge on any atom is -0.368 e. The molecule has 2 atom stereocenters. The second-order valence-electron chi connectivity index (χ2n) is 7.18.